The highest BCUT2D eigenvalue weighted by Gasteiger charge is 2.35. The number of anilines is 2. The number of benzene rings is 1. The second kappa shape index (κ2) is 6.88. The van der Waals surface area contributed by atoms with Crippen LogP contribution in [0.25, 0.3) is 0 Å². The molecule has 25 heavy (non-hydrogen) atoms. The first-order chi connectivity index (χ1) is 12.1. The number of aromatic amines is 1. The third-order valence-corrected chi connectivity index (χ3v) is 4.01. The first-order valence-electron chi connectivity index (χ1n) is 7.96. The number of H-pyrrole nitrogens is 1. The van der Waals surface area contributed by atoms with E-state index in [0.29, 0.717) is 37.6 Å². The van der Waals surface area contributed by atoms with Gasteiger partial charge in [-0.25, -0.2) is 0 Å². The molecule has 0 amide bonds. The van der Waals surface area contributed by atoms with Gasteiger partial charge in [-0.2, -0.15) is 0 Å². The van der Waals surface area contributed by atoms with Crippen LogP contribution in [0.5, 0.6) is 0 Å². The Hall–Kier alpha value is -2.97. The maximum Gasteiger partial charge on any atom is 0.259 e. The minimum Gasteiger partial charge on any atom is -0.383 e. The number of nitrogens with one attached hydrogen (secondary N) is 3. The lowest BCUT2D eigenvalue weighted by molar-refractivity contribution is 0.0979. The largest absolute Gasteiger partial charge is 0.383 e. The number of nitrogens with two attached hydrogens (primary N) is 2. The molecule has 0 bridgehead atoms. The van der Waals surface area contributed by atoms with Crippen molar-refractivity contribution in [2.24, 2.45) is 11.5 Å². The van der Waals surface area contributed by atoms with Gasteiger partial charge in [0.2, 0.25) is 5.78 Å². The van der Waals surface area contributed by atoms with E-state index in [9.17, 15) is 14.4 Å². The van der Waals surface area contributed by atoms with E-state index in [1.807, 2.05) is 0 Å². The van der Waals surface area contributed by atoms with Gasteiger partial charge in [-0.15, -0.1) is 0 Å². The lowest BCUT2D eigenvalue weighted by Gasteiger charge is -2.23. The van der Waals surface area contributed by atoms with Gasteiger partial charge in [0.15, 0.2) is 5.78 Å². The van der Waals surface area contributed by atoms with E-state index in [2.05, 4.69) is 15.6 Å². The SMILES string of the molecule is NCCNc1ccc(NCCN)c2c1C(=O)c1cc[nH]c(=O)c1C2=O. The van der Waals surface area contributed by atoms with E-state index >= 15 is 0 Å². The molecule has 1 aromatic carbocycles. The van der Waals surface area contributed by atoms with E-state index in [1.165, 1.54) is 12.3 Å². The third-order valence-electron chi connectivity index (χ3n) is 4.01. The minimum atomic E-state index is -0.577. The summed E-state index contributed by atoms with van der Waals surface area (Å²) in [6, 6.07) is 4.87. The zero-order chi connectivity index (χ0) is 18.0. The van der Waals surface area contributed by atoms with E-state index in [0.717, 1.165) is 0 Å². The third kappa shape index (κ3) is 2.81. The quantitative estimate of drug-likeness (QED) is 0.421. The van der Waals surface area contributed by atoms with E-state index in [-0.39, 0.29) is 28.0 Å². The Labute approximate surface area is 143 Å². The number of ketones is 2. The van der Waals surface area contributed by atoms with Crippen LogP contribution in [0.15, 0.2) is 29.2 Å². The zero-order valence-corrected chi connectivity index (χ0v) is 13.5. The molecule has 8 heteroatoms. The number of hydrogen-bond donors (Lipinski definition) is 5. The Bertz CT molecular complexity index is 904. The molecule has 2 aromatic rings. The number of fused-ring (bicyclic) bond motifs is 2. The number of pyridine rings is 1. The predicted molar refractivity (Wildman–Crippen MR) is 95.5 cm³/mol. The molecule has 0 atom stereocenters. The molecule has 3 rings (SSSR count). The van der Waals surface area contributed by atoms with Gasteiger partial charge in [0.05, 0.1) is 16.7 Å². The Kier molecular flexibility index (Phi) is 4.64. The summed E-state index contributed by atoms with van der Waals surface area (Å²) in [5, 5.41) is 6.11. The average molecular weight is 341 g/mol. The summed E-state index contributed by atoms with van der Waals surface area (Å²) in [6.45, 7) is 1.62. The minimum absolute atomic E-state index is 0.105. The summed E-state index contributed by atoms with van der Waals surface area (Å²) in [6.07, 6.45) is 1.36. The van der Waals surface area contributed by atoms with Crippen molar-refractivity contribution in [3.8, 4) is 0 Å². The standard InChI is InChI=1S/C17H19N5O3/c18-4-7-20-10-1-2-11(21-8-5-19)14-13(10)15(23)9-3-6-22-17(25)12(9)16(14)24/h1-3,6,20-21H,4-5,7-8,18-19H2,(H,22,25). The van der Waals surface area contributed by atoms with Crippen molar-refractivity contribution in [2.45, 2.75) is 0 Å². The van der Waals surface area contributed by atoms with Crippen LogP contribution in [-0.2, 0) is 0 Å². The Morgan fingerprint density at radius 3 is 1.92 bits per heavy atom. The number of rotatable bonds is 6. The molecule has 0 saturated carbocycles. The number of carbonyl (C=O) groups excluding carboxylic acids is 2. The number of aromatic nitrogens is 1. The first kappa shape index (κ1) is 16.9. The van der Waals surface area contributed by atoms with Crippen molar-refractivity contribution < 1.29 is 9.59 Å². The van der Waals surface area contributed by atoms with Gasteiger partial charge < -0.3 is 27.1 Å². The van der Waals surface area contributed by atoms with Gasteiger partial charge >= 0.3 is 0 Å². The fraction of sp³-hybridized carbons (Fsp3) is 0.235. The molecule has 0 aliphatic heterocycles. The molecule has 1 heterocycles. The molecule has 8 nitrogen and oxygen atoms in total. The Morgan fingerprint density at radius 2 is 1.36 bits per heavy atom. The highest BCUT2D eigenvalue weighted by Crippen LogP contribution is 2.35. The van der Waals surface area contributed by atoms with Crippen LogP contribution < -0.4 is 27.7 Å². The lowest BCUT2D eigenvalue weighted by atomic mass is 9.83. The maximum atomic E-state index is 13.0. The van der Waals surface area contributed by atoms with Gasteiger partial charge in [0.25, 0.3) is 5.56 Å². The summed E-state index contributed by atoms with van der Waals surface area (Å²) in [5.74, 6) is -0.853. The number of carbonyl (C=O) groups is 2. The normalized spacial score (nSPS) is 12.6. The lowest BCUT2D eigenvalue weighted by Crippen LogP contribution is -2.31. The van der Waals surface area contributed by atoms with Crippen molar-refractivity contribution in [1.29, 1.82) is 0 Å². The van der Waals surface area contributed by atoms with E-state index in [4.69, 9.17) is 11.5 Å². The van der Waals surface area contributed by atoms with Crippen molar-refractivity contribution >= 4 is 22.9 Å². The van der Waals surface area contributed by atoms with Crippen LogP contribution in [0.4, 0.5) is 11.4 Å². The monoisotopic (exact) mass is 341 g/mol. The molecule has 7 N–H and O–H groups in total. The first-order valence-corrected chi connectivity index (χ1v) is 7.96. The molecule has 0 radical (unpaired) electrons. The van der Waals surface area contributed by atoms with Gasteiger partial charge in [-0.05, 0) is 18.2 Å². The van der Waals surface area contributed by atoms with Crippen LogP contribution in [0.1, 0.15) is 31.8 Å². The summed E-state index contributed by atoms with van der Waals surface area (Å²) in [7, 11) is 0. The topological polar surface area (TPSA) is 143 Å². The summed E-state index contributed by atoms with van der Waals surface area (Å²) < 4.78 is 0. The fourth-order valence-corrected chi connectivity index (χ4v) is 2.94. The van der Waals surface area contributed by atoms with Gasteiger partial charge in [0, 0.05) is 49.3 Å². The Morgan fingerprint density at radius 1 is 0.800 bits per heavy atom. The summed E-state index contributed by atoms with van der Waals surface area (Å²) in [5.41, 5.74) is 11.9. The molecule has 0 unspecified atom stereocenters. The van der Waals surface area contributed by atoms with Crippen molar-refractivity contribution in [1.82, 2.24) is 4.98 Å². The molecular weight excluding hydrogens is 322 g/mol. The predicted octanol–water partition coefficient (Wildman–Crippen LogP) is -0.108. The highest BCUT2D eigenvalue weighted by molar-refractivity contribution is 6.31. The van der Waals surface area contributed by atoms with Crippen LogP contribution in [0, 0.1) is 0 Å². The molecule has 130 valence electrons. The molecule has 1 aromatic heterocycles. The van der Waals surface area contributed by atoms with Gasteiger partial charge in [-0.1, -0.05) is 0 Å². The maximum absolute atomic E-state index is 13.0. The molecule has 1 aliphatic carbocycles. The second-order valence-corrected chi connectivity index (χ2v) is 5.60. The van der Waals surface area contributed by atoms with Crippen LogP contribution in [-0.4, -0.2) is 42.7 Å². The van der Waals surface area contributed by atoms with Crippen molar-refractivity contribution in [2.75, 3.05) is 36.8 Å². The molecular formula is C17H19N5O3. The highest BCUT2D eigenvalue weighted by atomic mass is 16.2. The Balaban J connectivity index is 2.24. The fourth-order valence-electron chi connectivity index (χ4n) is 2.94. The molecule has 0 fully saturated rings. The zero-order valence-electron chi connectivity index (χ0n) is 13.5. The van der Waals surface area contributed by atoms with Crippen LogP contribution >= 0.6 is 0 Å². The smallest absolute Gasteiger partial charge is 0.259 e. The molecule has 0 spiro atoms. The van der Waals surface area contributed by atoms with Crippen LogP contribution in [0.2, 0.25) is 0 Å². The molecule has 1 aliphatic rings. The van der Waals surface area contributed by atoms with E-state index in [1.54, 1.807) is 12.1 Å². The van der Waals surface area contributed by atoms with Gasteiger partial charge in [-0.3, -0.25) is 14.4 Å². The number of hydrogen-bond acceptors (Lipinski definition) is 7. The second-order valence-electron chi connectivity index (χ2n) is 5.60. The summed E-state index contributed by atoms with van der Waals surface area (Å²) in [4.78, 5) is 40.5. The van der Waals surface area contributed by atoms with Crippen molar-refractivity contribution in [3.63, 3.8) is 0 Å². The van der Waals surface area contributed by atoms with E-state index < -0.39 is 11.3 Å². The summed E-state index contributed by atoms with van der Waals surface area (Å²) >= 11 is 0. The van der Waals surface area contributed by atoms with Crippen molar-refractivity contribution in [3.05, 3.63) is 57.0 Å². The van der Waals surface area contributed by atoms with Crippen LogP contribution in [0.3, 0.4) is 0 Å². The average Bonchev–Trinajstić information content (AvgIpc) is 2.62. The molecule has 0 saturated heterocycles. The van der Waals surface area contributed by atoms with Gasteiger partial charge in [0.1, 0.15) is 0 Å².